The first-order valence-electron chi connectivity index (χ1n) is 9.18. The lowest BCUT2D eigenvalue weighted by molar-refractivity contribution is -0.118. The van der Waals surface area contributed by atoms with Crippen LogP contribution in [0.1, 0.15) is 34.1 Å². The van der Waals surface area contributed by atoms with Crippen LogP contribution in [0.15, 0.2) is 42.5 Å². The van der Waals surface area contributed by atoms with Gasteiger partial charge >= 0.3 is 5.97 Å². The number of benzene rings is 2. The van der Waals surface area contributed by atoms with E-state index in [0.29, 0.717) is 28.4 Å². The maximum Gasteiger partial charge on any atom is 0.338 e. The van der Waals surface area contributed by atoms with Gasteiger partial charge < -0.3 is 15.4 Å². The number of ether oxygens (including phenoxy) is 1. The molecule has 1 unspecified atom stereocenters. The van der Waals surface area contributed by atoms with Crippen molar-refractivity contribution in [2.24, 2.45) is 0 Å². The summed E-state index contributed by atoms with van der Waals surface area (Å²) in [6.45, 7) is 2.01. The van der Waals surface area contributed by atoms with E-state index in [0.717, 1.165) is 0 Å². The Labute approximate surface area is 189 Å². The Morgan fingerprint density at radius 2 is 1.80 bits per heavy atom. The average molecular weight is 469 g/mol. The molecule has 2 aromatic carbocycles. The van der Waals surface area contributed by atoms with Gasteiger partial charge in [-0.2, -0.15) is 11.8 Å². The Hall–Kier alpha value is -2.22. The Kier molecular flexibility index (Phi) is 9.49. The van der Waals surface area contributed by atoms with Crippen molar-refractivity contribution in [3.05, 3.63) is 63.6 Å². The lowest BCUT2D eigenvalue weighted by Crippen LogP contribution is -2.44. The molecular weight excluding hydrogens is 447 g/mol. The van der Waals surface area contributed by atoms with Crippen molar-refractivity contribution in [2.75, 3.05) is 23.9 Å². The fourth-order valence-electron chi connectivity index (χ4n) is 2.55. The molecule has 0 radical (unpaired) electrons. The van der Waals surface area contributed by atoms with Crippen molar-refractivity contribution in [1.29, 1.82) is 0 Å². The molecule has 0 heterocycles. The molecule has 0 aliphatic carbocycles. The third-order valence-corrected chi connectivity index (χ3v) is 5.26. The molecule has 0 aliphatic heterocycles. The monoisotopic (exact) mass is 468 g/mol. The van der Waals surface area contributed by atoms with Crippen LogP contribution >= 0.6 is 35.0 Å². The second kappa shape index (κ2) is 11.8. The molecule has 30 heavy (non-hydrogen) atoms. The molecule has 1 atom stereocenters. The largest absolute Gasteiger partial charge is 0.462 e. The minimum absolute atomic E-state index is 0.207. The third kappa shape index (κ3) is 6.93. The maximum atomic E-state index is 12.8. The van der Waals surface area contributed by atoms with Gasteiger partial charge in [0.25, 0.3) is 5.91 Å². The fourth-order valence-corrected chi connectivity index (χ4v) is 3.51. The van der Waals surface area contributed by atoms with Gasteiger partial charge in [0, 0.05) is 10.7 Å². The molecule has 0 saturated carbocycles. The normalized spacial score (nSPS) is 11.5. The number of thioether (sulfide) groups is 1. The number of carbonyl (C=O) groups excluding carboxylic acids is 3. The molecule has 0 fully saturated rings. The molecule has 0 saturated heterocycles. The zero-order valence-electron chi connectivity index (χ0n) is 16.5. The first kappa shape index (κ1) is 24.1. The Morgan fingerprint density at radius 3 is 2.40 bits per heavy atom. The maximum absolute atomic E-state index is 12.8. The standard InChI is InChI=1S/C21H22Cl2N2O4S/c1-3-29-21(28)13-4-7-15(8-5-13)24-20(27)18(10-11-30-2)25-19(26)16-9-6-14(22)12-17(16)23/h4-9,12,18H,3,10-11H2,1-2H3,(H,24,27)(H,25,26). The number of nitrogens with one attached hydrogen (secondary N) is 2. The molecule has 2 aromatic rings. The zero-order valence-corrected chi connectivity index (χ0v) is 18.9. The summed E-state index contributed by atoms with van der Waals surface area (Å²) in [7, 11) is 0. The number of hydrogen-bond acceptors (Lipinski definition) is 5. The first-order valence-corrected chi connectivity index (χ1v) is 11.3. The van der Waals surface area contributed by atoms with Crippen LogP contribution in [0.2, 0.25) is 10.0 Å². The Balaban J connectivity index is 2.09. The number of esters is 1. The summed E-state index contributed by atoms with van der Waals surface area (Å²) in [5.74, 6) is -0.587. The molecule has 0 aromatic heterocycles. The number of hydrogen-bond donors (Lipinski definition) is 2. The predicted molar refractivity (Wildman–Crippen MR) is 122 cm³/mol. The van der Waals surface area contributed by atoms with Crippen LogP contribution in [0.3, 0.4) is 0 Å². The van der Waals surface area contributed by atoms with Crippen molar-refractivity contribution in [3.8, 4) is 0 Å². The SMILES string of the molecule is CCOC(=O)c1ccc(NC(=O)C(CCSC)NC(=O)c2ccc(Cl)cc2Cl)cc1. The van der Waals surface area contributed by atoms with Gasteiger partial charge in [-0.15, -0.1) is 0 Å². The number of amides is 2. The summed E-state index contributed by atoms with van der Waals surface area (Å²) in [5.41, 5.74) is 1.13. The number of anilines is 1. The van der Waals surface area contributed by atoms with Crippen molar-refractivity contribution in [2.45, 2.75) is 19.4 Å². The van der Waals surface area contributed by atoms with E-state index in [1.807, 2.05) is 6.26 Å². The predicted octanol–water partition coefficient (Wildman–Crippen LogP) is 4.66. The summed E-state index contributed by atoms with van der Waals surface area (Å²) < 4.78 is 4.94. The molecular formula is C21H22Cl2N2O4S. The van der Waals surface area contributed by atoms with E-state index in [1.54, 1.807) is 49.0 Å². The van der Waals surface area contributed by atoms with Crippen LogP contribution in [-0.2, 0) is 9.53 Å². The third-order valence-electron chi connectivity index (χ3n) is 4.07. The molecule has 0 aliphatic rings. The van der Waals surface area contributed by atoms with E-state index in [1.165, 1.54) is 12.1 Å². The molecule has 6 nitrogen and oxygen atoms in total. The Morgan fingerprint density at radius 1 is 1.10 bits per heavy atom. The van der Waals surface area contributed by atoms with Crippen LogP contribution < -0.4 is 10.6 Å². The molecule has 2 amide bonds. The summed E-state index contributed by atoms with van der Waals surface area (Å²) in [4.78, 5) is 37.1. The van der Waals surface area contributed by atoms with E-state index in [-0.39, 0.29) is 23.1 Å². The molecule has 0 bridgehead atoms. The van der Waals surface area contributed by atoms with Gasteiger partial charge in [0.2, 0.25) is 5.91 Å². The van der Waals surface area contributed by atoms with E-state index in [4.69, 9.17) is 27.9 Å². The summed E-state index contributed by atoms with van der Waals surface area (Å²) in [5, 5.41) is 6.11. The van der Waals surface area contributed by atoms with Crippen LogP contribution in [0.25, 0.3) is 0 Å². The van der Waals surface area contributed by atoms with Gasteiger partial charge in [-0.1, -0.05) is 23.2 Å². The minimum atomic E-state index is -0.763. The smallest absolute Gasteiger partial charge is 0.338 e. The fraction of sp³-hybridized carbons (Fsp3) is 0.286. The Bertz CT molecular complexity index is 906. The van der Waals surface area contributed by atoms with Crippen LogP contribution in [0.4, 0.5) is 5.69 Å². The minimum Gasteiger partial charge on any atom is -0.462 e. The molecule has 160 valence electrons. The first-order chi connectivity index (χ1) is 14.3. The number of carbonyl (C=O) groups is 3. The highest BCUT2D eigenvalue weighted by molar-refractivity contribution is 7.98. The van der Waals surface area contributed by atoms with Gasteiger partial charge in [0.1, 0.15) is 6.04 Å². The molecule has 2 N–H and O–H groups in total. The van der Waals surface area contributed by atoms with Crippen LogP contribution in [-0.4, -0.2) is 42.4 Å². The van der Waals surface area contributed by atoms with E-state index in [2.05, 4.69) is 10.6 Å². The highest BCUT2D eigenvalue weighted by Crippen LogP contribution is 2.21. The van der Waals surface area contributed by atoms with Gasteiger partial charge in [0.15, 0.2) is 0 Å². The van der Waals surface area contributed by atoms with Gasteiger partial charge in [0.05, 0.1) is 22.8 Å². The highest BCUT2D eigenvalue weighted by Gasteiger charge is 2.22. The van der Waals surface area contributed by atoms with Crippen molar-refractivity contribution < 1.29 is 19.1 Å². The number of halogens is 2. The van der Waals surface area contributed by atoms with Crippen molar-refractivity contribution >= 4 is 58.4 Å². The number of rotatable bonds is 9. The second-order valence-corrected chi connectivity index (χ2v) is 8.05. The van der Waals surface area contributed by atoms with Gasteiger partial charge in [-0.3, -0.25) is 9.59 Å². The lowest BCUT2D eigenvalue weighted by Gasteiger charge is -2.19. The molecule has 0 spiro atoms. The molecule has 2 rings (SSSR count). The zero-order chi connectivity index (χ0) is 22.1. The van der Waals surface area contributed by atoms with Crippen LogP contribution in [0.5, 0.6) is 0 Å². The van der Waals surface area contributed by atoms with E-state index >= 15 is 0 Å². The highest BCUT2D eigenvalue weighted by atomic mass is 35.5. The summed E-state index contributed by atoms with van der Waals surface area (Å²) in [6.07, 6.45) is 2.35. The quantitative estimate of drug-likeness (QED) is 0.522. The van der Waals surface area contributed by atoms with Crippen molar-refractivity contribution in [3.63, 3.8) is 0 Å². The summed E-state index contributed by atoms with van der Waals surface area (Å²) in [6, 6.07) is 10.1. The van der Waals surface area contributed by atoms with Gasteiger partial charge in [-0.25, -0.2) is 4.79 Å². The molecule has 9 heteroatoms. The summed E-state index contributed by atoms with van der Waals surface area (Å²) >= 11 is 13.5. The van der Waals surface area contributed by atoms with E-state index in [9.17, 15) is 14.4 Å². The topological polar surface area (TPSA) is 84.5 Å². The lowest BCUT2D eigenvalue weighted by atomic mass is 10.1. The van der Waals surface area contributed by atoms with Crippen molar-refractivity contribution in [1.82, 2.24) is 5.32 Å². The van der Waals surface area contributed by atoms with Crippen LogP contribution in [0, 0.1) is 0 Å². The average Bonchev–Trinajstić information content (AvgIpc) is 2.71. The van der Waals surface area contributed by atoms with Gasteiger partial charge in [-0.05, 0) is 67.8 Å². The van der Waals surface area contributed by atoms with E-state index < -0.39 is 17.9 Å². The second-order valence-electron chi connectivity index (χ2n) is 6.22.